The first-order valence-corrected chi connectivity index (χ1v) is 11.6. The van der Waals surface area contributed by atoms with E-state index in [1.807, 2.05) is 0 Å². The van der Waals surface area contributed by atoms with Gasteiger partial charge in [-0.15, -0.1) is 0 Å². The van der Waals surface area contributed by atoms with Gasteiger partial charge in [0.1, 0.15) is 0 Å². The monoisotopic (exact) mass is 314 g/mol. The van der Waals surface area contributed by atoms with E-state index >= 15 is 0 Å². The Morgan fingerprint density at radius 1 is 0.952 bits per heavy atom. The van der Waals surface area contributed by atoms with Crippen LogP contribution in [0.1, 0.15) is 85.5 Å². The predicted octanol–water partition coefficient (Wildman–Crippen LogP) is 6.05. The lowest BCUT2D eigenvalue weighted by molar-refractivity contribution is 0.163. The molecule has 0 aliphatic heterocycles. The summed E-state index contributed by atoms with van der Waals surface area (Å²) in [6.45, 7) is 10.6. The molecular weight excluding hydrogens is 276 g/mol. The third-order valence-corrected chi connectivity index (χ3v) is 9.58. The molecular formula is C18H38O2Si. The highest BCUT2D eigenvalue weighted by molar-refractivity contribution is 6.69. The van der Waals surface area contributed by atoms with Crippen LogP contribution in [-0.2, 0) is 8.85 Å². The van der Waals surface area contributed by atoms with Crippen LogP contribution in [0, 0.1) is 5.92 Å². The maximum atomic E-state index is 6.43. The van der Waals surface area contributed by atoms with Crippen LogP contribution in [0.15, 0.2) is 0 Å². The van der Waals surface area contributed by atoms with Gasteiger partial charge in [-0.2, -0.15) is 0 Å². The molecule has 126 valence electrons. The molecule has 21 heavy (non-hydrogen) atoms. The van der Waals surface area contributed by atoms with Crippen LogP contribution >= 0.6 is 0 Å². The first-order chi connectivity index (χ1) is 10.2. The highest BCUT2D eigenvalue weighted by Gasteiger charge is 2.46. The lowest BCUT2D eigenvalue weighted by atomic mass is 10.1. The molecule has 0 aromatic carbocycles. The van der Waals surface area contributed by atoms with Gasteiger partial charge in [0.25, 0.3) is 0 Å². The molecule has 0 heterocycles. The summed E-state index contributed by atoms with van der Waals surface area (Å²) in [5.41, 5.74) is 0.726. The molecule has 3 heteroatoms. The number of rotatable bonds is 10. The number of unbranched alkanes of at least 4 members (excludes halogenated alkanes) is 1. The molecule has 2 nitrogen and oxygen atoms in total. The van der Waals surface area contributed by atoms with E-state index < -0.39 is 8.56 Å². The van der Waals surface area contributed by atoms with Crippen molar-refractivity contribution in [1.82, 2.24) is 0 Å². The van der Waals surface area contributed by atoms with E-state index in [1.54, 1.807) is 0 Å². The summed E-state index contributed by atoms with van der Waals surface area (Å²) in [5, 5.41) is 0. The first kappa shape index (κ1) is 19.2. The lowest BCUT2D eigenvalue weighted by Crippen LogP contribution is -2.48. The molecule has 0 aromatic rings. The molecule has 0 saturated heterocycles. The topological polar surface area (TPSA) is 18.5 Å². The van der Waals surface area contributed by atoms with Gasteiger partial charge in [0.15, 0.2) is 0 Å². The summed E-state index contributed by atoms with van der Waals surface area (Å²) < 4.78 is 12.9. The lowest BCUT2D eigenvalue weighted by Gasteiger charge is -2.38. The number of hydrogen-bond donors (Lipinski definition) is 0. The second-order valence-corrected chi connectivity index (χ2v) is 10.2. The zero-order chi connectivity index (χ0) is 15.6. The normalized spacial score (nSPS) is 19.4. The molecule has 1 aliphatic rings. The molecule has 0 amide bonds. The summed E-state index contributed by atoms with van der Waals surface area (Å²) in [6, 6.07) is 1.21. The third kappa shape index (κ3) is 6.41. The minimum absolute atomic E-state index is 0.726. The molecule has 0 spiro atoms. The second kappa shape index (κ2) is 10.8. The third-order valence-electron chi connectivity index (χ3n) is 4.94. The van der Waals surface area contributed by atoms with Gasteiger partial charge in [0.2, 0.25) is 0 Å². The second-order valence-electron chi connectivity index (χ2n) is 6.82. The number of hydrogen-bond acceptors (Lipinski definition) is 2. The van der Waals surface area contributed by atoms with Gasteiger partial charge in [-0.3, -0.25) is 0 Å². The Labute approximate surface area is 134 Å². The van der Waals surface area contributed by atoms with E-state index in [0.717, 1.165) is 24.7 Å². The Hall–Kier alpha value is 0.137. The fraction of sp³-hybridized carbons (Fsp3) is 1.00. The van der Waals surface area contributed by atoms with E-state index in [2.05, 4.69) is 27.7 Å². The summed E-state index contributed by atoms with van der Waals surface area (Å²) >= 11 is 0. The van der Waals surface area contributed by atoms with Crippen LogP contribution in [0.4, 0.5) is 0 Å². The maximum Gasteiger partial charge on any atom is 0.341 e. The Bertz CT molecular complexity index is 244. The van der Waals surface area contributed by atoms with E-state index in [9.17, 15) is 0 Å². The van der Waals surface area contributed by atoms with Crippen molar-refractivity contribution in [3.8, 4) is 0 Å². The standard InChI is InChI=1S/C18H38O2Si/c1-5-8-13-17(4)16-21(19-6-2,20-7-3)18-14-11-9-10-12-15-18/h17-18H,5-16H2,1-4H3. The van der Waals surface area contributed by atoms with Crippen LogP contribution in [0.2, 0.25) is 11.6 Å². The van der Waals surface area contributed by atoms with Crippen LogP contribution in [-0.4, -0.2) is 21.8 Å². The minimum atomic E-state index is -2.04. The van der Waals surface area contributed by atoms with Crippen LogP contribution in [0.3, 0.4) is 0 Å². The van der Waals surface area contributed by atoms with E-state index in [1.165, 1.54) is 63.8 Å². The van der Waals surface area contributed by atoms with Crippen LogP contribution in [0.5, 0.6) is 0 Å². The molecule has 1 rings (SSSR count). The van der Waals surface area contributed by atoms with Gasteiger partial charge in [-0.25, -0.2) is 0 Å². The summed E-state index contributed by atoms with van der Waals surface area (Å²) in [5.74, 6) is 0.748. The molecule has 1 aliphatic carbocycles. The fourth-order valence-corrected chi connectivity index (χ4v) is 8.47. The SMILES string of the molecule is CCCCC(C)C[Si](OCC)(OCC)C1CCCCCC1. The highest BCUT2D eigenvalue weighted by atomic mass is 28.4. The molecule has 0 bridgehead atoms. The summed E-state index contributed by atoms with van der Waals surface area (Å²) in [4.78, 5) is 0. The molecule has 0 N–H and O–H groups in total. The van der Waals surface area contributed by atoms with E-state index in [0.29, 0.717) is 0 Å². The van der Waals surface area contributed by atoms with Crippen molar-refractivity contribution in [1.29, 1.82) is 0 Å². The molecule has 1 saturated carbocycles. The van der Waals surface area contributed by atoms with Crippen molar-refractivity contribution in [2.75, 3.05) is 13.2 Å². The Balaban J connectivity index is 2.79. The largest absolute Gasteiger partial charge is 0.394 e. The molecule has 1 unspecified atom stereocenters. The van der Waals surface area contributed by atoms with Crippen molar-refractivity contribution < 1.29 is 8.85 Å². The molecule has 1 atom stereocenters. The van der Waals surface area contributed by atoms with E-state index in [4.69, 9.17) is 8.85 Å². The zero-order valence-corrected chi connectivity index (χ0v) is 16.0. The smallest absolute Gasteiger partial charge is 0.341 e. The Kier molecular flexibility index (Phi) is 9.86. The fourth-order valence-electron chi connectivity index (χ4n) is 3.91. The zero-order valence-electron chi connectivity index (χ0n) is 15.0. The van der Waals surface area contributed by atoms with Crippen molar-refractivity contribution in [3.05, 3.63) is 0 Å². The van der Waals surface area contributed by atoms with Crippen LogP contribution < -0.4 is 0 Å². The molecule has 1 fully saturated rings. The quantitative estimate of drug-likeness (QED) is 0.361. The van der Waals surface area contributed by atoms with Gasteiger partial charge in [-0.1, -0.05) is 58.8 Å². The molecule has 0 radical (unpaired) electrons. The van der Waals surface area contributed by atoms with Crippen molar-refractivity contribution >= 4 is 8.56 Å². The van der Waals surface area contributed by atoms with Crippen molar-refractivity contribution in [2.45, 2.75) is 97.1 Å². The summed E-state index contributed by atoms with van der Waals surface area (Å²) in [7, 11) is -2.04. The van der Waals surface area contributed by atoms with Crippen molar-refractivity contribution in [3.63, 3.8) is 0 Å². The maximum absolute atomic E-state index is 6.43. The average molecular weight is 315 g/mol. The predicted molar refractivity (Wildman–Crippen MR) is 94.0 cm³/mol. The van der Waals surface area contributed by atoms with Gasteiger partial charge in [0, 0.05) is 18.8 Å². The molecule has 0 aromatic heterocycles. The Morgan fingerprint density at radius 3 is 2.00 bits per heavy atom. The average Bonchev–Trinajstić information content (AvgIpc) is 2.75. The van der Waals surface area contributed by atoms with Gasteiger partial charge >= 0.3 is 8.56 Å². The minimum Gasteiger partial charge on any atom is -0.394 e. The van der Waals surface area contributed by atoms with E-state index in [-0.39, 0.29) is 0 Å². The van der Waals surface area contributed by atoms with Crippen molar-refractivity contribution in [2.24, 2.45) is 5.92 Å². The first-order valence-electron chi connectivity index (χ1n) is 9.46. The Morgan fingerprint density at radius 2 is 1.52 bits per heavy atom. The van der Waals surface area contributed by atoms with Gasteiger partial charge < -0.3 is 8.85 Å². The summed E-state index contributed by atoms with van der Waals surface area (Å²) in [6.07, 6.45) is 12.2. The van der Waals surface area contributed by atoms with Gasteiger partial charge in [0.05, 0.1) is 0 Å². The highest BCUT2D eigenvalue weighted by Crippen LogP contribution is 2.41. The van der Waals surface area contributed by atoms with Gasteiger partial charge in [-0.05, 0) is 38.7 Å². The van der Waals surface area contributed by atoms with Crippen LogP contribution in [0.25, 0.3) is 0 Å².